The lowest BCUT2D eigenvalue weighted by Crippen LogP contribution is -2.24. The second-order valence-electron chi connectivity index (χ2n) is 10.9. The van der Waals surface area contributed by atoms with Gasteiger partial charge in [0.2, 0.25) is 0 Å². The molecule has 0 spiro atoms. The Morgan fingerprint density at radius 3 is 2.50 bits per heavy atom. The Kier molecular flexibility index (Phi) is 7.45. The molecule has 0 aliphatic rings. The first-order chi connectivity index (χ1) is 19.9. The number of nitrogens with one attached hydrogen (secondary N) is 1. The van der Waals surface area contributed by atoms with E-state index in [1.54, 1.807) is 24.3 Å². The summed E-state index contributed by atoms with van der Waals surface area (Å²) in [5.74, 6) is -0.786. The highest BCUT2D eigenvalue weighted by molar-refractivity contribution is 5.83. The number of aromatic nitrogens is 6. The number of rotatable bonds is 7. The highest BCUT2D eigenvalue weighted by Crippen LogP contribution is 2.29. The summed E-state index contributed by atoms with van der Waals surface area (Å²) in [6.45, 7) is 4.68. The number of hydrogen-bond acceptors (Lipinski definition) is 7. The average molecular weight is 580 g/mol. The minimum absolute atomic E-state index is 0.112. The zero-order chi connectivity index (χ0) is 30.3. The first-order valence-electron chi connectivity index (χ1n) is 13.0. The Hall–Kier alpha value is -4.78. The summed E-state index contributed by atoms with van der Waals surface area (Å²) < 4.78 is 44.0. The van der Waals surface area contributed by atoms with Crippen molar-refractivity contribution in [3.63, 3.8) is 0 Å². The lowest BCUT2D eigenvalue weighted by Gasteiger charge is -2.20. The lowest BCUT2D eigenvalue weighted by molar-refractivity contribution is 0.122. The van der Waals surface area contributed by atoms with Crippen LogP contribution in [0.15, 0.2) is 64.7 Å². The number of nitrogens with zero attached hydrogens (tertiary/aromatic N) is 6. The van der Waals surface area contributed by atoms with E-state index in [9.17, 15) is 23.5 Å². The minimum Gasteiger partial charge on any atom is -0.392 e. The van der Waals surface area contributed by atoms with Crippen LogP contribution in [0.5, 0.6) is 0 Å². The molecule has 0 fully saturated rings. The summed E-state index contributed by atoms with van der Waals surface area (Å²) in [5, 5.41) is 21.6. The molecular weight excluding hydrogens is 551 g/mol. The van der Waals surface area contributed by atoms with E-state index < -0.39 is 36.5 Å². The Balaban J connectivity index is 1.60. The van der Waals surface area contributed by atoms with E-state index in [1.807, 2.05) is 20.8 Å². The molecule has 10 nitrogen and oxygen atoms in total. The summed E-state index contributed by atoms with van der Waals surface area (Å²) >= 11 is 0. The second kappa shape index (κ2) is 10.9. The van der Waals surface area contributed by atoms with Gasteiger partial charge in [-0.25, -0.2) is 18.2 Å². The maximum absolute atomic E-state index is 15.2. The molecule has 13 heteroatoms. The summed E-state index contributed by atoms with van der Waals surface area (Å²) in [4.78, 5) is 30.7. The summed E-state index contributed by atoms with van der Waals surface area (Å²) in [6.07, 6.45) is 2.87. The maximum atomic E-state index is 15.2. The van der Waals surface area contributed by atoms with Crippen molar-refractivity contribution in [3.8, 4) is 16.9 Å². The van der Waals surface area contributed by atoms with Crippen molar-refractivity contribution in [2.45, 2.75) is 45.8 Å². The van der Waals surface area contributed by atoms with Gasteiger partial charge in [0.05, 0.1) is 41.5 Å². The Bertz CT molecular complexity index is 1920. The molecule has 2 N–H and O–H groups in total. The largest absolute Gasteiger partial charge is 0.392 e. The Morgan fingerprint density at radius 1 is 1.05 bits per heavy atom. The van der Waals surface area contributed by atoms with Crippen LogP contribution in [-0.4, -0.2) is 40.6 Å². The third kappa shape index (κ3) is 5.42. The van der Waals surface area contributed by atoms with Crippen LogP contribution >= 0.6 is 0 Å². The molecule has 5 aromatic rings. The number of hydrogen-bond donors (Lipinski definition) is 2. The third-order valence-electron chi connectivity index (χ3n) is 6.81. The van der Waals surface area contributed by atoms with Crippen molar-refractivity contribution in [1.82, 2.24) is 29.1 Å². The zero-order valence-corrected chi connectivity index (χ0v) is 23.3. The van der Waals surface area contributed by atoms with Crippen LogP contribution in [0.1, 0.15) is 31.9 Å². The van der Waals surface area contributed by atoms with Gasteiger partial charge in [-0.3, -0.25) is 14.3 Å². The molecule has 0 saturated heterocycles. The zero-order valence-electron chi connectivity index (χ0n) is 23.3. The predicted octanol–water partition coefficient (Wildman–Crippen LogP) is 4.28. The van der Waals surface area contributed by atoms with E-state index in [2.05, 4.69) is 20.5 Å². The van der Waals surface area contributed by atoms with Crippen molar-refractivity contribution in [1.29, 1.82) is 0 Å². The molecule has 0 amide bonds. The van der Waals surface area contributed by atoms with Gasteiger partial charge >= 0.3 is 0 Å². The highest BCUT2D eigenvalue weighted by atomic mass is 19.3. The number of aliphatic hydroxyl groups is 1. The van der Waals surface area contributed by atoms with Crippen LogP contribution < -0.4 is 16.4 Å². The molecule has 42 heavy (non-hydrogen) atoms. The van der Waals surface area contributed by atoms with Crippen molar-refractivity contribution in [2.24, 2.45) is 7.05 Å². The number of benzene rings is 2. The average Bonchev–Trinajstić information content (AvgIpc) is 3.36. The monoisotopic (exact) mass is 579 g/mol. The van der Waals surface area contributed by atoms with Crippen LogP contribution in [0.3, 0.4) is 0 Å². The molecule has 0 unspecified atom stereocenters. The van der Waals surface area contributed by atoms with Crippen molar-refractivity contribution >= 4 is 22.3 Å². The molecule has 2 aromatic carbocycles. The normalized spacial score (nSPS) is 11.9. The van der Waals surface area contributed by atoms with E-state index in [-0.39, 0.29) is 39.3 Å². The quantitative estimate of drug-likeness (QED) is 0.295. The van der Waals surface area contributed by atoms with Crippen LogP contribution in [0.2, 0.25) is 0 Å². The molecule has 3 heterocycles. The molecule has 0 aliphatic heterocycles. The smallest absolute Gasteiger partial charge is 0.293 e. The van der Waals surface area contributed by atoms with Crippen LogP contribution in [0.25, 0.3) is 27.7 Å². The highest BCUT2D eigenvalue weighted by Gasteiger charge is 2.21. The summed E-state index contributed by atoms with van der Waals surface area (Å²) in [5.41, 5.74) is 0.575. The first-order valence-corrected chi connectivity index (χ1v) is 13.0. The molecule has 0 radical (unpaired) electrons. The lowest BCUT2D eigenvalue weighted by atomic mass is 9.86. The van der Waals surface area contributed by atoms with Gasteiger partial charge in [0.15, 0.2) is 5.82 Å². The molecular formula is C29H28F3N7O3. The third-order valence-corrected chi connectivity index (χ3v) is 6.81. The van der Waals surface area contributed by atoms with Crippen molar-refractivity contribution in [3.05, 3.63) is 92.8 Å². The predicted molar refractivity (Wildman–Crippen MR) is 152 cm³/mol. The Morgan fingerprint density at radius 2 is 1.81 bits per heavy atom. The van der Waals surface area contributed by atoms with E-state index in [1.165, 1.54) is 42.5 Å². The van der Waals surface area contributed by atoms with Crippen LogP contribution in [-0.2, 0) is 25.6 Å². The number of aliphatic hydroxyl groups excluding tert-OH is 1. The van der Waals surface area contributed by atoms with Gasteiger partial charge in [0, 0.05) is 36.0 Å². The fourth-order valence-corrected chi connectivity index (χ4v) is 4.64. The standard InChI is InChI=1S/C29H28F3N7O3/c1-29(2,3)17-8-16-10-34-39(27(41)25(16)21(30)9-17)23-7-5-6-19(20(23)15-40)22-13-37(4)28(42)26(36-22)35-18-11-33-38(12-18)14-24(31)32/h5-13,24,40H,14-15H2,1-4H3,(H,35,36). The van der Waals surface area contributed by atoms with Gasteiger partial charge in [0.25, 0.3) is 17.5 Å². The molecule has 0 aliphatic carbocycles. The van der Waals surface area contributed by atoms with E-state index in [0.29, 0.717) is 10.9 Å². The van der Waals surface area contributed by atoms with Crippen LogP contribution in [0, 0.1) is 5.82 Å². The fraction of sp³-hybridized carbons (Fsp3) is 0.276. The van der Waals surface area contributed by atoms with Gasteiger partial charge < -0.3 is 15.0 Å². The van der Waals surface area contributed by atoms with Gasteiger partial charge in [-0.2, -0.15) is 14.9 Å². The van der Waals surface area contributed by atoms with E-state index in [0.717, 1.165) is 14.9 Å². The van der Waals surface area contributed by atoms with Gasteiger partial charge in [-0.05, 0) is 29.2 Å². The number of anilines is 2. The second-order valence-corrected chi connectivity index (χ2v) is 10.9. The first kappa shape index (κ1) is 28.7. The Labute approximate surface area is 237 Å². The molecule has 0 atom stereocenters. The van der Waals surface area contributed by atoms with Crippen LogP contribution in [0.4, 0.5) is 24.7 Å². The van der Waals surface area contributed by atoms with Gasteiger partial charge in [-0.1, -0.05) is 32.9 Å². The van der Waals surface area contributed by atoms with Gasteiger partial charge in [-0.15, -0.1) is 0 Å². The van der Waals surface area contributed by atoms with E-state index in [4.69, 9.17) is 0 Å². The number of aryl methyl sites for hydroxylation is 1. The maximum Gasteiger partial charge on any atom is 0.293 e. The van der Waals surface area contributed by atoms with Gasteiger partial charge in [0.1, 0.15) is 12.4 Å². The minimum atomic E-state index is -2.60. The molecule has 5 rings (SSSR count). The number of alkyl halides is 2. The topological polar surface area (TPSA) is 120 Å². The van der Waals surface area contributed by atoms with Crippen molar-refractivity contribution < 1.29 is 18.3 Å². The van der Waals surface area contributed by atoms with E-state index >= 15 is 4.39 Å². The SMILES string of the molecule is Cn1cc(-c2cccc(-n3ncc4cc(C(C)(C)C)cc(F)c4c3=O)c2CO)nc(Nc2cnn(CC(F)F)c2)c1=O. The summed E-state index contributed by atoms with van der Waals surface area (Å²) in [6, 6.07) is 7.91. The number of halogens is 3. The summed E-state index contributed by atoms with van der Waals surface area (Å²) in [7, 11) is 1.51. The molecule has 0 saturated carbocycles. The molecule has 3 aromatic heterocycles. The number of fused-ring (bicyclic) bond motifs is 1. The molecule has 0 bridgehead atoms. The molecule has 218 valence electrons. The van der Waals surface area contributed by atoms with Crippen molar-refractivity contribution in [2.75, 3.05) is 5.32 Å². The fourth-order valence-electron chi connectivity index (χ4n) is 4.64.